The topological polar surface area (TPSA) is 69.4 Å². The maximum Gasteiger partial charge on any atom is 0.387 e. The molecule has 0 unspecified atom stereocenters. The van der Waals surface area contributed by atoms with E-state index >= 15 is 0 Å². The predicted molar refractivity (Wildman–Crippen MR) is 96.3 cm³/mol. The molecule has 2 aromatic carbocycles. The molecule has 8 heteroatoms. The van der Waals surface area contributed by atoms with Crippen LogP contribution in [0.4, 0.5) is 8.78 Å². The fraction of sp³-hybridized carbons (Fsp3) is 0.222. The van der Waals surface area contributed by atoms with E-state index < -0.39 is 6.61 Å². The maximum absolute atomic E-state index is 12.5. The van der Waals surface area contributed by atoms with Gasteiger partial charge in [-0.3, -0.25) is 4.99 Å². The van der Waals surface area contributed by atoms with Crippen LogP contribution in [0.3, 0.4) is 0 Å². The van der Waals surface area contributed by atoms with Crippen molar-refractivity contribution in [3.63, 3.8) is 0 Å². The summed E-state index contributed by atoms with van der Waals surface area (Å²) in [7, 11) is 1.60. The van der Waals surface area contributed by atoms with Crippen molar-refractivity contribution in [2.75, 3.05) is 7.05 Å². The van der Waals surface area contributed by atoms with Crippen LogP contribution in [-0.4, -0.2) is 19.6 Å². The van der Waals surface area contributed by atoms with Crippen LogP contribution < -0.4 is 15.4 Å². The molecule has 0 saturated heterocycles. The molecule has 2 rings (SSSR count). The first-order valence-electron chi connectivity index (χ1n) is 7.68. The first-order chi connectivity index (χ1) is 12.5. The Morgan fingerprint density at radius 2 is 1.88 bits per heavy atom. The highest BCUT2D eigenvalue weighted by atomic mass is 35.5. The smallest absolute Gasteiger partial charge is 0.387 e. The largest absolute Gasteiger partial charge is 0.434 e. The number of rotatable bonds is 6. The molecule has 0 amide bonds. The summed E-state index contributed by atoms with van der Waals surface area (Å²) in [6, 6.07) is 13.6. The van der Waals surface area contributed by atoms with Gasteiger partial charge in [-0.25, -0.2) is 0 Å². The van der Waals surface area contributed by atoms with Crippen LogP contribution in [0.1, 0.15) is 16.7 Å². The lowest BCUT2D eigenvalue weighted by Gasteiger charge is -2.15. The molecule has 0 aliphatic heterocycles. The van der Waals surface area contributed by atoms with Gasteiger partial charge in [-0.2, -0.15) is 14.0 Å². The lowest BCUT2D eigenvalue weighted by Crippen LogP contribution is -2.36. The second kappa shape index (κ2) is 9.59. The van der Waals surface area contributed by atoms with Crippen molar-refractivity contribution in [1.82, 2.24) is 10.6 Å². The van der Waals surface area contributed by atoms with Crippen molar-refractivity contribution in [3.8, 4) is 11.8 Å². The Labute approximate surface area is 155 Å². The van der Waals surface area contributed by atoms with Crippen LogP contribution in [-0.2, 0) is 13.1 Å². The number of nitrogens with one attached hydrogen (secondary N) is 2. The average molecular weight is 379 g/mol. The summed E-state index contributed by atoms with van der Waals surface area (Å²) < 4.78 is 29.5. The summed E-state index contributed by atoms with van der Waals surface area (Å²) in [6.07, 6.45) is 0. The lowest BCUT2D eigenvalue weighted by atomic mass is 10.1. The van der Waals surface area contributed by atoms with Gasteiger partial charge in [0.05, 0.1) is 11.6 Å². The molecule has 0 fully saturated rings. The van der Waals surface area contributed by atoms with Crippen molar-refractivity contribution in [1.29, 1.82) is 5.26 Å². The van der Waals surface area contributed by atoms with Gasteiger partial charge in [0, 0.05) is 30.7 Å². The molecule has 0 radical (unpaired) electrons. The third-order valence-corrected chi connectivity index (χ3v) is 3.69. The SMILES string of the molecule is CN=C(NCc1ccc(C#N)cc1)NCc1cc(Cl)ccc1OC(F)F. The molecule has 2 aromatic rings. The highest BCUT2D eigenvalue weighted by Gasteiger charge is 2.11. The fourth-order valence-electron chi connectivity index (χ4n) is 2.18. The molecular weight excluding hydrogens is 362 g/mol. The first-order valence-corrected chi connectivity index (χ1v) is 8.06. The third kappa shape index (κ3) is 5.90. The van der Waals surface area contributed by atoms with Crippen molar-refractivity contribution in [2.45, 2.75) is 19.7 Å². The third-order valence-electron chi connectivity index (χ3n) is 3.45. The number of nitrogens with zero attached hydrogens (tertiary/aromatic N) is 2. The summed E-state index contributed by atoms with van der Waals surface area (Å²) in [5, 5.41) is 15.3. The van der Waals surface area contributed by atoms with Gasteiger partial charge in [0.25, 0.3) is 0 Å². The Morgan fingerprint density at radius 1 is 1.19 bits per heavy atom. The number of ether oxygens (including phenoxy) is 1. The Morgan fingerprint density at radius 3 is 2.50 bits per heavy atom. The van der Waals surface area contributed by atoms with Crippen LogP contribution >= 0.6 is 11.6 Å². The number of nitriles is 1. The van der Waals surface area contributed by atoms with Gasteiger partial charge in [0.2, 0.25) is 0 Å². The van der Waals surface area contributed by atoms with Gasteiger partial charge < -0.3 is 15.4 Å². The standard InChI is InChI=1S/C18H17ClF2N4O/c1-23-18(24-10-13-4-2-12(9-22)3-5-13)25-11-14-8-15(19)6-7-16(14)26-17(20)21/h2-8,17H,10-11H2,1H3,(H2,23,24,25). The minimum atomic E-state index is -2.91. The van der Waals surface area contributed by atoms with Crippen LogP contribution in [0.15, 0.2) is 47.5 Å². The van der Waals surface area contributed by atoms with Crippen LogP contribution in [0.25, 0.3) is 0 Å². The summed E-state index contributed by atoms with van der Waals surface area (Å²) >= 11 is 5.93. The molecule has 0 spiro atoms. The van der Waals surface area contributed by atoms with Gasteiger partial charge in [-0.15, -0.1) is 0 Å². The number of hydrogen-bond donors (Lipinski definition) is 2. The molecule has 26 heavy (non-hydrogen) atoms. The van der Waals surface area contributed by atoms with Crippen molar-refractivity contribution >= 4 is 17.6 Å². The van der Waals surface area contributed by atoms with E-state index in [-0.39, 0.29) is 12.3 Å². The second-order valence-electron chi connectivity index (χ2n) is 5.22. The number of hydrogen-bond acceptors (Lipinski definition) is 3. The van der Waals surface area contributed by atoms with Crippen LogP contribution in [0.5, 0.6) is 5.75 Å². The number of benzene rings is 2. The summed E-state index contributed by atoms with van der Waals surface area (Å²) in [6.45, 7) is -2.22. The molecular formula is C18H17ClF2N4O. The molecule has 0 heterocycles. The number of aliphatic imine (C=N–C) groups is 1. The van der Waals surface area contributed by atoms with Gasteiger partial charge >= 0.3 is 6.61 Å². The Bertz CT molecular complexity index is 804. The molecule has 2 N–H and O–H groups in total. The quantitative estimate of drug-likeness (QED) is 0.594. The van der Waals surface area contributed by atoms with Crippen molar-refractivity contribution < 1.29 is 13.5 Å². The van der Waals surface area contributed by atoms with E-state index in [1.54, 1.807) is 25.2 Å². The minimum Gasteiger partial charge on any atom is -0.434 e. The number of guanidine groups is 1. The zero-order valence-electron chi connectivity index (χ0n) is 14.0. The minimum absolute atomic E-state index is 0.0550. The van der Waals surface area contributed by atoms with Gasteiger partial charge in [-0.05, 0) is 35.9 Å². The van der Waals surface area contributed by atoms with E-state index in [9.17, 15) is 8.78 Å². The molecule has 0 aliphatic rings. The van der Waals surface area contributed by atoms with Gasteiger partial charge in [0.1, 0.15) is 5.75 Å². The second-order valence-corrected chi connectivity index (χ2v) is 5.66. The highest BCUT2D eigenvalue weighted by Crippen LogP contribution is 2.24. The van der Waals surface area contributed by atoms with Crippen LogP contribution in [0, 0.1) is 11.3 Å². The van der Waals surface area contributed by atoms with E-state index in [1.807, 2.05) is 12.1 Å². The van der Waals surface area contributed by atoms with E-state index in [2.05, 4.69) is 26.4 Å². The zero-order valence-corrected chi connectivity index (χ0v) is 14.7. The number of halogens is 3. The maximum atomic E-state index is 12.5. The molecule has 5 nitrogen and oxygen atoms in total. The molecule has 0 bridgehead atoms. The molecule has 0 saturated carbocycles. The van der Waals surface area contributed by atoms with E-state index in [0.29, 0.717) is 28.7 Å². The normalized spacial score (nSPS) is 11.2. The fourth-order valence-corrected chi connectivity index (χ4v) is 2.37. The zero-order chi connectivity index (χ0) is 18.9. The summed E-state index contributed by atoms with van der Waals surface area (Å²) in [5.74, 6) is 0.539. The Kier molecular flexibility index (Phi) is 7.18. The molecule has 0 aliphatic carbocycles. The van der Waals surface area contributed by atoms with E-state index in [4.69, 9.17) is 16.9 Å². The van der Waals surface area contributed by atoms with Gasteiger partial charge in [-0.1, -0.05) is 23.7 Å². The molecule has 0 aromatic heterocycles. The summed E-state index contributed by atoms with van der Waals surface area (Å²) in [4.78, 5) is 4.09. The monoisotopic (exact) mass is 378 g/mol. The van der Waals surface area contributed by atoms with Crippen molar-refractivity contribution in [3.05, 3.63) is 64.2 Å². The highest BCUT2D eigenvalue weighted by molar-refractivity contribution is 6.30. The Balaban J connectivity index is 1.96. The number of alkyl halides is 2. The average Bonchev–Trinajstić information content (AvgIpc) is 2.64. The van der Waals surface area contributed by atoms with Gasteiger partial charge in [0.15, 0.2) is 5.96 Å². The molecule has 0 atom stereocenters. The van der Waals surface area contributed by atoms with E-state index in [0.717, 1.165) is 5.56 Å². The van der Waals surface area contributed by atoms with Crippen molar-refractivity contribution in [2.24, 2.45) is 4.99 Å². The van der Waals surface area contributed by atoms with E-state index in [1.165, 1.54) is 12.1 Å². The molecule has 136 valence electrons. The first kappa shape index (κ1) is 19.5. The summed E-state index contributed by atoms with van der Waals surface area (Å²) in [5.41, 5.74) is 2.04. The predicted octanol–water partition coefficient (Wildman–Crippen LogP) is 3.68. The Hall–Kier alpha value is -2.85. The lowest BCUT2D eigenvalue weighted by molar-refractivity contribution is -0.0504. The van der Waals surface area contributed by atoms with Crippen LogP contribution in [0.2, 0.25) is 5.02 Å².